The van der Waals surface area contributed by atoms with Gasteiger partial charge in [0.2, 0.25) is 5.91 Å². The van der Waals surface area contributed by atoms with Crippen molar-refractivity contribution in [3.63, 3.8) is 0 Å². The molecule has 2 aliphatic rings. The first-order chi connectivity index (χ1) is 11.6. The van der Waals surface area contributed by atoms with Crippen LogP contribution >= 0.6 is 0 Å². The van der Waals surface area contributed by atoms with E-state index in [2.05, 4.69) is 5.32 Å². The van der Waals surface area contributed by atoms with Gasteiger partial charge in [0.25, 0.3) is 5.91 Å². The van der Waals surface area contributed by atoms with Crippen molar-refractivity contribution in [2.75, 3.05) is 18.4 Å². The van der Waals surface area contributed by atoms with Crippen LogP contribution in [-0.2, 0) is 4.79 Å². The third kappa shape index (κ3) is 4.15. The number of nitrogens with zero attached hydrogens (tertiary/aromatic N) is 1. The van der Waals surface area contributed by atoms with Crippen LogP contribution in [0.2, 0.25) is 0 Å². The van der Waals surface area contributed by atoms with Gasteiger partial charge in [-0.05, 0) is 43.9 Å². The summed E-state index contributed by atoms with van der Waals surface area (Å²) in [6.45, 7) is 1.62. The lowest BCUT2D eigenvalue weighted by Gasteiger charge is -2.31. The maximum atomic E-state index is 12.4. The number of amides is 2. The Morgan fingerprint density at radius 3 is 2.50 bits per heavy atom. The van der Waals surface area contributed by atoms with Crippen molar-refractivity contribution < 1.29 is 14.7 Å². The lowest BCUT2D eigenvalue weighted by atomic mass is 9.82. The fourth-order valence-electron chi connectivity index (χ4n) is 3.72. The summed E-state index contributed by atoms with van der Waals surface area (Å²) in [6.07, 6.45) is 6.69. The minimum Gasteiger partial charge on any atom is -0.389 e. The third-order valence-corrected chi connectivity index (χ3v) is 5.06. The van der Waals surface area contributed by atoms with E-state index in [0.29, 0.717) is 24.1 Å². The Balaban J connectivity index is 1.61. The number of likely N-dealkylation sites (tertiary alicyclic amines) is 1. The number of aliphatic hydroxyl groups is 1. The summed E-state index contributed by atoms with van der Waals surface area (Å²) in [4.78, 5) is 26.5. The molecule has 5 heteroatoms. The Labute approximate surface area is 143 Å². The summed E-state index contributed by atoms with van der Waals surface area (Å²) in [7, 11) is 0. The molecule has 1 aromatic rings. The van der Waals surface area contributed by atoms with Gasteiger partial charge in [-0.15, -0.1) is 0 Å². The molecule has 0 bridgehead atoms. The van der Waals surface area contributed by atoms with Crippen molar-refractivity contribution >= 4 is 17.5 Å². The maximum Gasteiger partial charge on any atom is 0.253 e. The van der Waals surface area contributed by atoms with Gasteiger partial charge in [-0.1, -0.05) is 25.3 Å². The highest BCUT2D eigenvalue weighted by atomic mass is 16.3. The maximum absolute atomic E-state index is 12.4. The zero-order valence-electron chi connectivity index (χ0n) is 14.1. The van der Waals surface area contributed by atoms with E-state index < -0.39 is 5.60 Å². The monoisotopic (exact) mass is 330 g/mol. The van der Waals surface area contributed by atoms with Crippen LogP contribution < -0.4 is 5.32 Å². The molecule has 1 heterocycles. The molecule has 130 valence electrons. The number of benzene rings is 1. The largest absolute Gasteiger partial charge is 0.389 e. The molecule has 0 unspecified atom stereocenters. The van der Waals surface area contributed by atoms with Gasteiger partial charge < -0.3 is 15.3 Å². The van der Waals surface area contributed by atoms with E-state index >= 15 is 0 Å². The SMILES string of the molecule is O=C(CC1(O)CCCCC1)Nc1cccc(C(=O)N2CCCC2)c1. The first-order valence-electron chi connectivity index (χ1n) is 8.97. The zero-order valence-corrected chi connectivity index (χ0v) is 14.1. The topological polar surface area (TPSA) is 69.6 Å². The van der Waals surface area contributed by atoms with Gasteiger partial charge in [0.15, 0.2) is 0 Å². The van der Waals surface area contributed by atoms with Crippen molar-refractivity contribution in [1.82, 2.24) is 4.90 Å². The molecule has 1 saturated heterocycles. The lowest BCUT2D eigenvalue weighted by molar-refractivity contribution is -0.122. The van der Waals surface area contributed by atoms with Crippen LogP contribution in [0.5, 0.6) is 0 Å². The van der Waals surface area contributed by atoms with Gasteiger partial charge in [-0.3, -0.25) is 9.59 Å². The minimum atomic E-state index is -0.870. The molecule has 24 heavy (non-hydrogen) atoms. The normalized spacial score (nSPS) is 20.0. The zero-order chi connectivity index (χ0) is 17.0. The van der Waals surface area contributed by atoms with Gasteiger partial charge in [-0.2, -0.15) is 0 Å². The van der Waals surface area contributed by atoms with Crippen LogP contribution in [0.1, 0.15) is 61.7 Å². The highest BCUT2D eigenvalue weighted by Crippen LogP contribution is 2.31. The molecule has 1 aliphatic carbocycles. The Morgan fingerprint density at radius 2 is 1.79 bits per heavy atom. The standard InChI is InChI=1S/C19H26N2O3/c22-17(14-19(24)9-2-1-3-10-19)20-16-8-6-7-15(13-16)18(23)21-11-4-5-12-21/h6-8,13,24H,1-5,9-12,14H2,(H,20,22). The molecule has 3 rings (SSSR count). The Morgan fingerprint density at radius 1 is 1.08 bits per heavy atom. The Kier molecular flexibility index (Phi) is 5.19. The molecule has 0 aromatic heterocycles. The number of nitrogens with one attached hydrogen (secondary N) is 1. The average molecular weight is 330 g/mol. The summed E-state index contributed by atoms with van der Waals surface area (Å²) in [6, 6.07) is 7.08. The average Bonchev–Trinajstić information content (AvgIpc) is 3.09. The summed E-state index contributed by atoms with van der Waals surface area (Å²) in [5.41, 5.74) is 0.348. The van der Waals surface area contributed by atoms with Crippen LogP contribution in [0.4, 0.5) is 5.69 Å². The van der Waals surface area contributed by atoms with Crippen molar-refractivity contribution in [2.45, 2.75) is 57.0 Å². The van der Waals surface area contributed by atoms with E-state index in [0.717, 1.165) is 45.2 Å². The number of rotatable bonds is 4. The van der Waals surface area contributed by atoms with Crippen LogP contribution in [0.3, 0.4) is 0 Å². The van der Waals surface area contributed by atoms with Crippen LogP contribution in [-0.4, -0.2) is 40.5 Å². The van der Waals surface area contributed by atoms with Crippen LogP contribution in [0.25, 0.3) is 0 Å². The van der Waals surface area contributed by atoms with Crippen molar-refractivity contribution in [3.8, 4) is 0 Å². The van der Waals surface area contributed by atoms with Crippen molar-refractivity contribution in [2.24, 2.45) is 0 Å². The van der Waals surface area contributed by atoms with Crippen LogP contribution in [0, 0.1) is 0 Å². The van der Waals surface area contributed by atoms with Gasteiger partial charge in [0.1, 0.15) is 0 Å². The molecule has 1 aliphatic heterocycles. The Bertz CT molecular complexity index is 602. The van der Waals surface area contributed by atoms with E-state index in [1.165, 1.54) is 0 Å². The van der Waals surface area contributed by atoms with E-state index in [9.17, 15) is 14.7 Å². The minimum absolute atomic E-state index is 0.0227. The highest BCUT2D eigenvalue weighted by Gasteiger charge is 2.31. The van der Waals surface area contributed by atoms with Gasteiger partial charge >= 0.3 is 0 Å². The van der Waals surface area contributed by atoms with Crippen molar-refractivity contribution in [1.29, 1.82) is 0 Å². The second-order valence-electron chi connectivity index (χ2n) is 7.09. The number of carbonyl (C=O) groups is 2. The number of carbonyl (C=O) groups excluding carboxylic acids is 2. The second kappa shape index (κ2) is 7.34. The fourth-order valence-corrected chi connectivity index (χ4v) is 3.72. The molecule has 2 amide bonds. The molecule has 1 saturated carbocycles. The molecular weight excluding hydrogens is 304 g/mol. The predicted octanol–water partition coefficient (Wildman–Crippen LogP) is 2.95. The number of hydrogen-bond donors (Lipinski definition) is 2. The molecule has 0 atom stereocenters. The van der Waals surface area contributed by atoms with E-state index in [1.54, 1.807) is 24.3 Å². The van der Waals surface area contributed by atoms with Crippen LogP contribution in [0.15, 0.2) is 24.3 Å². The Hall–Kier alpha value is -1.88. The summed E-state index contributed by atoms with van der Waals surface area (Å²) >= 11 is 0. The van der Waals surface area contributed by atoms with E-state index in [4.69, 9.17) is 0 Å². The first kappa shape index (κ1) is 17.0. The molecule has 0 radical (unpaired) electrons. The smallest absolute Gasteiger partial charge is 0.253 e. The van der Waals surface area contributed by atoms with Gasteiger partial charge in [0, 0.05) is 24.3 Å². The predicted molar refractivity (Wildman–Crippen MR) is 92.9 cm³/mol. The number of hydrogen-bond acceptors (Lipinski definition) is 3. The molecular formula is C19H26N2O3. The van der Waals surface area contributed by atoms with E-state index in [-0.39, 0.29) is 18.2 Å². The summed E-state index contributed by atoms with van der Waals surface area (Å²) < 4.78 is 0. The van der Waals surface area contributed by atoms with Gasteiger partial charge in [0.05, 0.1) is 12.0 Å². The van der Waals surface area contributed by atoms with Crippen molar-refractivity contribution in [3.05, 3.63) is 29.8 Å². The third-order valence-electron chi connectivity index (χ3n) is 5.06. The summed E-state index contributed by atoms with van der Waals surface area (Å²) in [5, 5.41) is 13.3. The summed E-state index contributed by atoms with van der Waals surface area (Å²) in [5.74, 6) is -0.167. The quantitative estimate of drug-likeness (QED) is 0.892. The molecule has 1 aromatic carbocycles. The molecule has 2 N–H and O–H groups in total. The van der Waals surface area contributed by atoms with Gasteiger partial charge in [-0.25, -0.2) is 0 Å². The lowest BCUT2D eigenvalue weighted by Crippen LogP contribution is -2.35. The molecule has 0 spiro atoms. The second-order valence-corrected chi connectivity index (χ2v) is 7.09. The molecule has 2 fully saturated rings. The van der Waals surface area contributed by atoms with E-state index in [1.807, 2.05) is 4.90 Å². The first-order valence-corrected chi connectivity index (χ1v) is 8.97. The molecule has 5 nitrogen and oxygen atoms in total. The highest BCUT2D eigenvalue weighted by molar-refractivity contribution is 5.97. The fraction of sp³-hybridized carbons (Fsp3) is 0.579. The number of anilines is 1.